The highest BCUT2D eigenvalue weighted by Crippen LogP contribution is 2.37. The van der Waals surface area contributed by atoms with Crippen LogP contribution in [0.15, 0.2) is 75.3 Å². The van der Waals surface area contributed by atoms with Crippen LogP contribution >= 0.6 is 27.7 Å². The van der Waals surface area contributed by atoms with Crippen LogP contribution in [-0.2, 0) is 24.4 Å². The van der Waals surface area contributed by atoms with Gasteiger partial charge in [0.2, 0.25) is 16.4 Å². The molecule has 0 aliphatic carbocycles. The van der Waals surface area contributed by atoms with Crippen molar-refractivity contribution in [2.75, 3.05) is 36.4 Å². The molecule has 3 aromatic heterocycles. The number of amides is 2. The van der Waals surface area contributed by atoms with Crippen molar-refractivity contribution in [2.45, 2.75) is 43.8 Å². The minimum Gasteiger partial charge on any atom is -0.485 e. The van der Waals surface area contributed by atoms with Crippen LogP contribution in [0.3, 0.4) is 0 Å². The van der Waals surface area contributed by atoms with Gasteiger partial charge in [-0.1, -0.05) is 37.3 Å². The molecular formula is C33H31BrF3N9O4S. The van der Waals surface area contributed by atoms with E-state index in [9.17, 15) is 27.6 Å². The van der Waals surface area contributed by atoms with Gasteiger partial charge < -0.3 is 24.4 Å². The van der Waals surface area contributed by atoms with Crippen LogP contribution in [0.4, 0.5) is 24.5 Å². The van der Waals surface area contributed by atoms with Crippen molar-refractivity contribution in [1.29, 1.82) is 0 Å². The van der Waals surface area contributed by atoms with E-state index in [1.165, 1.54) is 30.6 Å². The smallest absolute Gasteiger partial charge is 0.446 e. The van der Waals surface area contributed by atoms with Gasteiger partial charge in [0.15, 0.2) is 11.4 Å². The first-order valence-electron chi connectivity index (χ1n) is 15.8. The molecule has 1 saturated heterocycles. The van der Waals surface area contributed by atoms with Gasteiger partial charge in [0, 0.05) is 36.8 Å². The predicted octanol–water partition coefficient (Wildman–Crippen LogP) is 5.11. The van der Waals surface area contributed by atoms with E-state index < -0.39 is 17.0 Å². The zero-order valence-electron chi connectivity index (χ0n) is 27.4. The molecule has 18 heteroatoms. The number of anilines is 2. The molecule has 0 bridgehead atoms. The summed E-state index contributed by atoms with van der Waals surface area (Å²) in [7, 11) is 0. The number of thioether (sulfide) groups is 1. The highest BCUT2D eigenvalue weighted by molar-refractivity contribution is 9.10. The number of nitrogens with zero attached hydrogens (tertiary/aromatic N) is 8. The van der Waals surface area contributed by atoms with Gasteiger partial charge in [-0.15, -0.1) is 5.10 Å². The van der Waals surface area contributed by atoms with Crippen LogP contribution in [-0.4, -0.2) is 77.5 Å². The molecule has 4 heterocycles. The number of rotatable bonds is 10. The number of carbonyl (C=O) groups excluding carboxylic acids is 2. The number of nitrogens with one attached hydrogen (secondary N) is 1. The van der Waals surface area contributed by atoms with E-state index in [0.717, 1.165) is 10.1 Å². The van der Waals surface area contributed by atoms with Crippen LogP contribution in [0, 0.1) is 6.92 Å². The Kier molecular flexibility index (Phi) is 10.6. The normalized spacial score (nSPS) is 13.5. The second kappa shape index (κ2) is 15.1. The van der Waals surface area contributed by atoms with Crippen LogP contribution in [0.5, 0.6) is 5.75 Å². The summed E-state index contributed by atoms with van der Waals surface area (Å²) in [5, 5.41) is 6.92. The molecule has 1 aliphatic rings. The quantitative estimate of drug-likeness (QED) is 0.190. The van der Waals surface area contributed by atoms with Gasteiger partial charge >= 0.3 is 5.51 Å². The van der Waals surface area contributed by atoms with Gasteiger partial charge in [-0.25, -0.2) is 9.97 Å². The molecule has 0 radical (unpaired) electrons. The van der Waals surface area contributed by atoms with Crippen molar-refractivity contribution in [3.63, 3.8) is 0 Å². The molecule has 0 saturated carbocycles. The van der Waals surface area contributed by atoms with E-state index in [-0.39, 0.29) is 65.0 Å². The fourth-order valence-electron chi connectivity index (χ4n) is 5.79. The standard InChI is InChI=1S/C33H31BrF3N9O4S/c1-3-24-27(43-13-15-44(16-14-43)29(48)26-28(20(2)38-19-39-26)50-18-21-7-5-4-6-8-21)30(49)46-32(41-31(34)42-46)45(24)17-25(47)40-22-9-11-23(12-10-22)51-33(35,36)37/h4-12,19H,3,13-18H2,1-2H3,(H,40,47). The largest absolute Gasteiger partial charge is 0.485 e. The van der Waals surface area contributed by atoms with Crippen LogP contribution < -0.4 is 20.5 Å². The van der Waals surface area contributed by atoms with E-state index in [1.807, 2.05) is 42.2 Å². The van der Waals surface area contributed by atoms with Gasteiger partial charge in [-0.2, -0.15) is 22.7 Å². The van der Waals surface area contributed by atoms with E-state index in [0.29, 0.717) is 48.0 Å². The number of aryl methyl sites for hydroxylation is 1. The topological polar surface area (TPSA) is 140 Å². The summed E-state index contributed by atoms with van der Waals surface area (Å²) in [5.41, 5.74) is -2.10. The van der Waals surface area contributed by atoms with Gasteiger partial charge in [-0.3, -0.25) is 14.4 Å². The van der Waals surface area contributed by atoms with Gasteiger partial charge in [0.25, 0.3) is 11.5 Å². The fourth-order valence-corrected chi connectivity index (χ4v) is 6.65. The van der Waals surface area contributed by atoms with Crippen LogP contribution in [0.1, 0.15) is 34.4 Å². The molecule has 1 fully saturated rings. The number of carbonyl (C=O) groups is 2. The zero-order chi connectivity index (χ0) is 36.3. The number of alkyl halides is 3. The first kappa shape index (κ1) is 35.8. The van der Waals surface area contributed by atoms with Crippen LogP contribution in [0.25, 0.3) is 5.78 Å². The molecule has 266 valence electrons. The summed E-state index contributed by atoms with van der Waals surface area (Å²) in [4.78, 5) is 57.2. The predicted molar refractivity (Wildman–Crippen MR) is 187 cm³/mol. The van der Waals surface area contributed by atoms with E-state index in [2.05, 4.69) is 41.3 Å². The van der Waals surface area contributed by atoms with Crippen molar-refractivity contribution in [2.24, 2.45) is 0 Å². The lowest BCUT2D eigenvalue weighted by atomic mass is 10.2. The minimum absolute atomic E-state index is 0.0142. The maximum absolute atomic E-state index is 13.9. The van der Waals surface area contributed by atoms with Crippen molar-refractivity contribution < 1.29 is 27.5 Å². The molecule has 5 aromatic rings. The van der Waals surface area contributed by atoms with Crippen molar-refractivity contribution in [1.82, 2.24) is 34.0 Å². The third-order valence-electron chi connectivity index (χ3n) is 8.10. The molecule has 51 heavy (non-hydrogen) atoms. The zero-order valence-corrected chi connectivity index (χ0v) is 29.8. The Hall–Kier alpha value is -4.97. The number of aromatic nitrogens is 6. The molecule has 0 atom stereocenters. The number of benzene rings is 2. The lowest BCUT2D eigenvalue weighted by Gasteiger charge is -2.36. The average molecular weight is 787 g/mol. The Labute approximate surface area is 302 Å². The molecule has 0 unspecified atom stereocenters. The summed E-state index contributed by atoms with van der Waals surface area (Å²) in [6, 6.07) is 14.9. The van der Waals surface area contributed by atoms with Crippen molar-refractivity contribution in [3.05, 3.63) is 98.7 Å². The molecule has 0 spiro atoms. The Morgan fingerprint density at radius 1 is 1.02 bits per heavy atom. The molecule has 6 rings (SSSR count). The lowest BCUT2D eigenvalue weighted by Crippen LogP contribution is -2.51. The molecular weight excluding hydrogens is 755 g/mol. The second-order valence-electron chi connectivity index (χ2n) is 11.4. The molecule has 13 nitrogen and oxygen atoms in total. The summed E-state index contributed by atoms with van der Waals surface area (Å²) < 4.78 is 47.1. The monoisotopic (exact) mass is 785 g/mol. The maximum Gasteiger partial charge on any atom is 0.446 e. The number of ether oxygens (including phenoxy) is 1. The first-order chi connectivity index (χ1) is 24.4. The van der Waals surface area contributed by atoms with Crippen molar-refractivity contribution in [3.8, 4) is 5.75 Å². The second-order valence-corrected chi connectivity index (χ2v) is 13.3. The third kappa shape index (κ3) is 8.17. The number of piperazine rings is 1. The van der Waals surface area contributed by atoms with Crippen LogP contribution in [0.2, 0.25) is 0 Å². The molecule has 1 aliphatic heterocycles. The fraction of sp³-hybridized carbons (Fsp3) is 0.303. The highest BCUT2D eigenvalue weighted by atomic mass is 79.9. The third-order valence-corrected chi connectivity index (χ3v) is 9.18. The van der Waals surface area contributed by atoms with E-state index in [1.54, 1.807) is 16.4 Å². The average Bonchev–Trinajstić information content (AvgIpc) is 3.51. The first-order valence-corrected chi connectivity index (χ1v) is 17.4. The Bertz CT molecular complexity index is 2120. The van der Waals surface area contributed by atoms with Gasteiger partial charge in [0.1, 0.15) is 25.2 Å². The Morgan fingerprint density at radius 3 is 2.39 bits per heavy atom. The summed E-state index contributed by atoms with van der Waals surface area (Å²) >= 11 is 2.98. The lowest BCUT2D eigenvalue weighted by molar-refractivity contribution is -0.116. The summed E-state index contributed by atoms with van der Waals surface area (Å²) in [5.74, 6) is -0.372. The molecule has 1 N–H and O–H groups in total. The highest BCUT2D eigenvalue weighted by Gasteiger charge is 2.31. The summed E-state index contributed by atoms with van der Waals surface area (Å²) in [6.07, 6.45) is 1.68. The number of fused-ring (bicyclic) bond motifs is 1. The Balaban J connectivity index is 1.21. The van der Waals surface area contributed by atoms with Gasteiger partial charge in [0.05, 0.1) is 11.4 Å². The SMILES string of the molecule is CCc1c(N2CCN(C(=O)c3ncnc(C)c3OCc3ccccc3)CC2)c(=O)n2nc(Br)nc2n1CC(=O)Nc1ccc(SC(F)(F)F)cc1. The van der Waals surface area contributed by atoms with E-state index in [4.69, 9.17) is 4.74 Å². The molecule has 2 aromatic carbocycles. The Morgan fingerprint density at radius 2 is 1.73 bits per heavy atom. The molecule has 2 amide bonds. The summed E-state index contributed by atoms with van der Waals surface area (Å²) in [6.45, 7) is 4.71. The number of hydrogen-bond donors (Lipinski definition) is 1. The van der Waals surface area contributed by atoms with Gasteiger partial charge in [-0.05, 0) is 70.9 Å². The maximum atomic E-state index is 13.9. The van der Waals surface area contributed by atoms with Crippen molar-refractivity contribution >= 4 is 56.7 Å². The minimum atomic E-state index is -4.43. The van der Waals surface area contributed by atoms with E-state index >= 15 is 0 Å². The number of hydrogen-bond acceptors (Lipinski definition) is 10. The number of halogens is 4.